The van der Waals surface area contributed by atoms with Gasteiger partial charge in [0, 0.05) is 12.8 Å². The van der Waals surface area contributed by atoms with Gasteiger partial charge >= 0.3 is 5.97 Å². The molecule has 0 aliphatic heterocycles. The van der Waals surface area contributed by atoms with Gasteiger partial charge in [0.05, 0.1) is 12.7 Å². The summed E-state index contributed by atoms with van der Waals surface area (Å²) in [6, 6.07) is 6.15. The van der Waals surface area contributed by atoms with Crippen molar-refractivity contribution in [3.8, 4) is 24.7 Å². The van der Waals surface area contributed by atoms with Gasteiger partial charge in [-0.05, 0) is 55.7 Å². The Morgan fingerprint density at radius 3 is 2.30 bits per heavy atom. The van der Waals surface area contributed by atoms with E-state index in [9.17, 15) is 4.79 Å². The number of hydrogen-bond acceptors (Lipinski definition) is 2. The van der Waals surface area contributed by atoms with E-state index in [4.69, 9.17) is 17.6 Å². The highest BCUT2D eigenvalue weighted by atomic mass is 16.5. The molecule has 0 radical (unpaired) electrons. The first-order valence-corrected chi connectivity index (χ1v) is 8.30. The van der Waals surface area contributed by atoms with E-state index >= 15 is 0 Å². The van der Waals surface area contributed by atoms with Gasteiger partial charge < -0.3 is 4.74 Å². The molecular formula is C21H26O2. The molecule has 2 heteroatoms. The van der Waals surface area contributed by atoms with Crippen molar-refractivity contribution >= 4 is 5.97 Å². The number of carbonyl (C=O) groups is 1. The maximum Gasteiger partial charge on any atom is 0.338 e. The molecule has 0 fully saturated rings. The van der Waals surface area contributed by atoms with Gasteiger partial charge in [0.1, 0.15) is 0 Å². The van der Waals surface area contributed by atoms with Crippen LogP contribution in [0.5, 0.6) is 0 Å². The monoisotopic (exact) mass is 310 g/mol. The van der Waals surface area contributed by atoms with Crippen LogP contribution in [0.4, 0.5) is 0 Å². The predicted molar refractivity (Wildman–Crippen MR) is 95.2 cm³/mol. The fourth-order valence-electron chi connectivity index (χ4n) is 2.57. The number of aryl methyl sites for hydroxylation is 2. The number of ether oxygens (including phenoxy) is 1. The molecule has 1 rings (SSSR count). The lowest BCUT2D eigenvalue weighted by atomic mass is 9.96. The van der Waals surface area contributed by atoms with Crippen molar-refractivity contribution in [2.45, 2.75) is 57.8 Å². The van der Waals surface area contributed by atoms with Crippen molar-refractivity contribution in [3.63, 3.8) is 0 Å². The number of benzene rings is 1. The first kappa shape index (κ1) is 18.9. The van der Waals surface area contributed by atoms with Gasteiger partial charge in [-0.15, -0.1) is 24.7 Å². The van der Waals surface area contributed by atoms with E-state index in [2.05, 4.69) is 24.0 Å². The van der Waals surface area contributed by atoms with E-state index in [-0.39, 0.29) is 5.97 Å². The quantitative estimate of drug-likeness (QED) is 0.360. The summed E-state index contributed by atoms with van der Waals surface area (Å²) >= 11 is 0. The third-order valence-corrected chi connectivity index (χ3v) is 3.88. The predicted octanol–water partition coefficient (Wildman–Crippen LogP) is 4.56. The highest BCUT2D eigenvalue weighted by Gasteiger charge is 2.12. The van der Waals surface area contributed by atoms with Crippen molar-refractivity contribution in [2.24, 2.45) is 0 Å². The highest BCUT2D eigenvalue weighted by Crippen LogP contribution is 2.18. The zero-order valence-corrected chi connectivity index (χ0v) is 14.1. The zero-order chi connectivity index (χ0) is 16.9. The second-order valence-corrected chi connectivity index (χ2v) is 5.66. The fraction of sp³-hybridized carbons (Fsp3) is 0.476. The van der Waals surface area contributed by atoms with Crippen molar-refractivity contribution in [3.05, 3.63) is 34.9 Å². The van der Waals surface area contributed by atoms with Crippen LogP contribution in [0.3, 0.4) is 0 Å². The molecule has 0 saturated heterocycles. The third kappa shape index (κ3) is 7.07. The molecule has 1 aromatic carbocycles. The van der Waals surface area contributed by atoms with Crippen LogP contribution in [0.1, 0.15) is 66.4 Å². The molecule has 0 bridgehead atoms. The number of esters is 1. The first-order valence-electron chi connectivity index (χ1n) is 8.30. The van der Waals surface area contributed by atoms with E-state index in [1.165, 1.54) is 12.7 Å². The average molecular weight is 310 g/mol. The molecule has 0 aliphatic rings. The standard InChI is InChI=1S/C21H26O2/c1-4-6-8-10-11-13-18-15-16-19(14-12-9-7-5-2)20(17-18)21(22)23-3/h1-2,15-17H,6-14H2,3H3. The molecule has 23 heavy (non-hydrogen) atoms. The molecule has 122 valence electrons. The maximum absolute atomic E-state index is 12.0. The van der Waals surface area contributed by atoms with Crippen molar-refractivity contribution in [1.82, 2.24) is 0 Å². The number of rotatable bonds is 10. The van der Waals surface area contributed by atoms with Crippen LogP contribution in [-0.4, -0.2) is 13.1 Å². The number of unbranched alkanes of at least 4 members (excludes halogenated alkanes) is 5. The van der Waals surface area contributed by atoms with Gasteiger partial charge in [0.25, 0.3) is 0 Å². The molecule has 0 aromatic heterocycles. The van der Waals surface area contributed by atoms with Crippen LogP contribution in [-0.2, 0) is 17.6 Å². The summed E-state index contributed by atoms with van der Waals surface area (Å²) in [4.78, 5) is 12.0. The van der Waals surface area contributed by atoms with E-state index in [0.29, 0.717) is 5.56 Å². The molecule has 0 amide bonds. The summed E-state index contributed by atoms with van der Waals surface area (Å²) in [6.07, 6.45) is 19.2. The number of carbonyl (C=O) groups excluding carboxylic acids is 1. The Balaban J connectivity index is 2.67. The molecular weight excluding hydrogens is 284 g/mol. The Morgan fingerprint density at radius 2 is 1.65 bits per heavy atom. The SMILES string of the molecule is C#CCCCCCc1ccc(CCCCC#C)c(C(=O)OC)c1. The Kier molecular flexibility index (Phi) is 9.34. The van der Waals surface area contributed by atoms with Crippen LogP contribution >= 0.6 is 0 Å². The zero-order valence-electron chi connectivity index (χ0n) is 14.1. The number of hydrogen-bond donors (Lipinski definition) is 0. The summed E-state index contributed by atoms with van der Waals surface area (Å²) in [7, 11) is 1.43. The third-order valence-electron chi connectivity index (χ3n) is 3.88. The molecule has 0 N–H and O–H groups in total. The van der Waals surface area contributed by atoms with Crippen molar-refractivity contribution < 1.29 is 9.53 Å². The molecule has 1 aromatic rings. The summed E-state index contributed by atoms with van der Waals surface area (Å²) in [5, 5.41) is 0. The summed E-state index contributed by atoms with van der Waals surface area (Å²) in [5.74, 6) is 5.05. The van der Waals surface area contributed by atoms with Gasteiger partial charge in [0.15, 0.2) is 0 Å². The minimum atomic E-state index is -0.258. The lowest BCUT2D eigenvalue weighted by molar-refractivity contribution is 0.0599. The van der Waals surface area contributed by atoms with Gasteiger partial charge in [0.2, 0.25) is 0 Å². The normalized spacial score (nSPS) is 9.87. The van der Waals surface area contributed by atoms with E-state index < -0.39 is 0 Å². The van der Waals surface area contributed by atoms with E-state index in [0.717, 1.165) is 63.4 Å². The highest BCUT2D eigenvalue weighted by molar-refractivity contribution is 5.91. The lowest BCUT2D eigenvalue weighted by Gasteiger charge is -2.10. The Bertz CT molecular complexity index is 572. The van der Waals surface area contributed by atoms with Crippen LogP contribution in [0.2, 0.25) is 0 Å². The Hall–Kier alpha value is -2.19. The maximum atomic E-state index is 12.0. The minimum absolute atomic E-state index is 0.258. The summed E-state index contributed by atoms with van der Waals surface area (Å²) < 4.78 is 4.92. The molecule has 0 spiro atoms. The largest absolute Gasteiger partial charge is 0.465 e. The van der Waals surface area contributed by atoms with Gasteiger partial charge in [-0.2, -0.15) is 0 Å². The molecule has 0 heterocycles. The van der Waals surface area contributed by atoms with Crippen LogP contribution in [0.25, 0.3) is 0 Å². The molecule has 0 saturated carbocycles. The van der Waals surface area contributed by atoms with Crippen molar-refractivity contribution in [2.75, 3.05) is 7.11 Å². The molecule has 0 atom stereocenters. The molecule has 2 nitrogen and oxygen atoms in total. The Labute approximate surface area is 140 Å². The average Bonchev–Trinajstić information content (AvgIpc) is 2.58. The Morgan fingerprint density at radius 1 is 1.00 bits per heavy atom. The second-order valence-electron chi connectivity index (χ2n) is 5.66. The van der Waals surface area contributed by atoms with Crippen molar-refractivity contribution in [1.29, 1.82) is 0 Å². The van der Waals surface area contributed by atoms with Gasteiger partial charge in [-0.3, -0.25) is 0 Å². The smallest absolute Gasteiger partial charge is 0.338 e. The summed E-state index contributed by atoms with van der Waals surface area (Å²) in [6.45, 7) is 0. The number of terminal acetylenes is 2. The molecule has 0 unspecified atom stereocenters. The van der Waals surface area contributed by atoms with Crippen LogP contribution < -0.4 is 0 Å². The summed E-state index contributed by atoms with van der Waals surface area (Å²) in [5.41, 5.74) is 2.91. The first-order chi connectivity index (χ1) is 11.2. The van der Waals surface area contributed by atoms with Crippen LogP contribution in [0, 0.1) is 24.7 Å². The number of methoxy groups -OCH3 is 1. The van der Waals surface area contributed by atoms with E-state index in [1.54, 1.807) is 0 Å². The van der Waals surface area contributed by atoms with Crippen LogP contribution in [0.15, 0.2) is 18.2 Å². The molecule has 0 aliphatic carbocycles. The minimum Gasteiger partial charge on any atom is -0.465 e. The lowest BCUT2D eigenvalue weighted by Crippen LogP contribution is -2.07. The second kappa shape index (κ2) is 11.4. The van der Waals surface area contributed by atoms with Gasteiger partial charge in [-0.1, -0.05) is 18.6 Å². The topological polar surface area (TPSA) is 26.3 Å². The van der Waals surface area contributed by atoms with E-state index in [1.807, 2.05) is 6.07 Å². The van der Waals surface area contributed by atoms with Gasteiger partial charge in [-0.25, -0.2) is 4.79 Å². The fourth-order valence-corrected chi connectivity index (χ4v) is 2.57.